The molecular formula is C17H16Cl2F3N3O2S. The summed E-state index contributed by atoms with van der Waals surface area (Å²) in [6.07, 6.45) is 0.301. The molecule has 2 N–H and O–H groups in total. The number of hydrogen-bond acceptors (Lipinski definition) is 4. The second kappa shape index (κ2) is 8.59. The van der Waals surface area contributed by atoms with E-state index in [0.717, 1.165) is 0 Å². The van der Waals surface area contributed by atoms with Crippen molar-refractivity contribution >= 4 is 50.3 Å². The van der Waals surface area contributed by atoms with E-state index < -0.39 is 15.5 Å². The number of halogens is 5. The predicted molar refractivity (Wildman–Crippen MR) is 107 cm³/mol. The van der Waals surface area contributed by atoms with Gasteiger partial charge in [-0.05, 0) is 37.6 Å². The number of anilines is 2. The quantitative estimate of drug-likeness (QED) is 0.429. The second-order valence-corrected chi connectivity index (χ2v) is 8.18. The largest absolute Gasteiger partial charge is 0.516 e. The van der Waals surface area contributed by atoms with Crippen LogP contribution in [0.1, 0.15) is 24.5 Å². The molecule has 0 spiro atoms. The molecule has 0 saturated carbocycles. The van der Waals surface area contributed by atoms with Gasteiger partial charge >= 0.3 is 15.5 Å². The molecule has 5 nitrogen and oxygen atoms in total. The number of nitrogens with one attached hydrogen (secondary N) is 2. The maximum Gasteiger partial charge on any atom is 0.516 e. The zero-order valence-electron chi connectivity index (χ0n) is 14.7. The zero-order chi connectivity index (χ0) is 21.1. The van der Waals surface area contributed by atoms with Crippen molar-refractivity contribution in [1.82, 2.24) is 0 Å². The lowest BCUT2D eigenvalue weighted by molar-refractivity contribution is -0.0429. The molecule has 0 saturated heterocycles. The van der Waals surface area contributed by atoms with Gasteiger partial charge in [0.25, 0.3) is 0 Å². The summed E-state index contributed by atoms with van der Waals surface area (Å²) in [5.74, 6) is 0. The standard InChI is InChI=1S/C17H16Cl2F3N3O2S/c1-3-13(23-24-15-6-4-5-12(18)16(15)19)11-9-10(2)7-8-14(11)25-28(26,27)17(20,21)22/h4-9,24-25H,3H2,1-2H3/b23-13+. The maximum absolute atomic E-state index is 12.7. The summed E-state index contributed by atoms with van der Waals surface area (Å²) in [4.78, 5) is 0. The minimum Gasteiger partial charge on any atom is -0.277 e. The third-order valence-corrected chi connectivity index (χ3v) is 5.55. The lowest BCUT2D eigenvalue weighted by Gasteiger charge is -2.16. The van der Waals surface area contributed by atoms with E-state index in [-0.39, 0.29) is 16.3 Å². The molecule has 0 aromatic heterocycles. The van der Waals surface area contributed by atoms with Crippen molar-refractivity contribution in [2.45, 2.75) is 25.8 Å². The van der Waals surface area contributed by atoms with Gasteiger partial charge in [0.1, 0.15) is 0 Å². The molecule has 2 aromatic carbocycles. The van der Waals surface area contributed by atoms with Crippen molar-refractivity contribution in [3.05, 3.63) is 57.6 Å². The molecule has 0 amide bonds. The number of nitrogens with zero attached hydrogens (tertiary/aromatic N) is 1. The van der Waals surface area contributed by atoms with Gasteiger partial charge in [-0.1, -0.05) is 47.8 Å². The molecule has 0 aliphatic rings. The molecule has 0 atom stereocenters. The Morgan fingerprint density at radius 2 is 1.82 bits per heavy atom. The van der Waals surface area contributed by atoms with Crippen LogP contribution in [0.5, 0.6) is 0 Å². The van der Waals surface area contributed by atoms with Crippen LogP contribution in [0.25, 0.3) is 0 Å². The maximum atomic E-state index is 12.7. The summed E-state index contributed by atoms with van der Waals surface area (Å²) >= 11 is 12.0. The Balaban J connectivity index is 2.46. The highest BCUT2D eigenvalue weighted by molar-refractivity contribution is 7.93. The fraction of sp³-hybridized carbons (Fsp3) is 0.235. The molecule has 11 heteroatoms. The molecule has 0 aliphatic carbocycles. The molecule has 152 valence electrons. The third-order valence-electron chi connectivity index (χ3n) is 3.63. The summed E-state index contributed by atoms with van der Waals surface area (Å²) < 4.78 is 62.8. The van der Waals surface area contributed by atoms with Gasteiger partial charge in [0.2, 0.25) is 0 Å². The Hall–Kier alpha value is -1.97. The highest BCUT2D eigenvalue weighted by Crippen LogP contribution is 2.31. The molecule has 2 rings (SSSR count). The monoisotopic (exact) mass is 453 g/mol. The van der Waals surface area contributed by atoms with E-state index in [2.05, 4.69) is 10.5 Å². The Morgan fingerprint density at radius 1 is 1.14 bits per heavy atom. The molecule has 0 radical (unpaired) electrons. The minimum atomic E-state index is -5.57. The van der Waals surface area contributed by atoms with Crippen molar-refractivity contribution in [1.29, 1.82) is 0 Å². The van der Waals surface area contributed by atoms with Gasteiger partial charge in [0.15, 0.2) is 0 Å². The summed E-state index contributed by atoms with van der Waals surface area (Å²) in [7, 11) is -5.57. The van der Waals surface area contributed by atoms with Gasteiger partial charge in [-0.3, -0.25) is 10.1 Å². The van der Waals surface area contributed by atoms with E-state index in [1.807, 2.05) is 0 Å². The number of aryl methyl sites for hydroxylation is 1. The molecule has 0 heterocycles. The SMILES string of the molecule is CC/C(=N\Nc1cccc(Cl)c1Cl)c1cc(C)ccc1NS(=O)(=O)C(F)(F)F. The van der Waals surface area contributed by atoms with Crippen molar-refractivity contribution in [3.8, 4) is 0 Å². The second-order valence-electron chi connectivity index (χ2n) is 5.73. The lowest BCUT2D eigenvalue weighted by atomic mass is 10.0. The van der Waals surface area contributed by atoms with Crippen LogP contribution in [-0.4, -0.2) is 19.6 Å². The first-order valence-electron chi connectivity index (χ1n) is 7.93. The summed E-state index contributed by atoms with van der Waals surface area (Å²) in [5.41, 5.74) is -1.32. The molecule has 0 aliphatic heterocycles. The summed E-state index contributed by atoms with van der Waals surface area (Å²) in [6, 6.07) is 9.14. The van der Waals surface area contributed by atoms with Crippen molar-refractivity contribution in [2.24, 2.45) is 5.10 Å². The Kier molecular flexibility index (Phi) is 6.84. The van der Waals surface area contributed by atoms with E-state index in [9.17, 15) is 21.6 Å². The molecule has 28 heavy (non-hydrogen) atoms. The molecular weight excluding hydrogens is 438 g/mol. The first-order chi connectivity index (χ1) is 13.0. The van der Waals surface area contributed by atoms with E-state index in [4.69, 9.17) is 23.2 Å². The van der Waals surface area contributed by atoms with Crippen LogP contribution in [0.4, 0.5) is 24.5 Å². The average Bonchev–Trinajstić information content (AvgIpc) is 2.60. The van der Waals surface area contributed by atoms with Crippen LogP contribution in [0.2, 0.25) is 10.0 Å². The molecule has 2 aromatic rings. The van der Waals surface area contributed by atoms with Gasteiger partial charge in [0, 0.05) is 5.56 Å². The van der Waals surface area contributed by atoms with Crippen LogP contribution in [-0.2, 0) is 10.0 Å². The van der Waals surface area contributed by atoms with Gasteiger partial charge in [-0.15, -0.1) is 0 Å². The Morgan fingerprint density at radius 3 is 2.43 bits per heavy atom. The third kappa shape index (κ3) is 5.09. The number of sulfonamides is 1. The molecule has 0 unspecified atom stereocenters. The van der Waals surface area contributed by atoms with Crippen molar-refractivity contribution in [2.75, 3.05) is 10.1 Å². The van der Waals surface area contributed by atoms with E-state index >= 15 is 0 Å². The van der Waals surface area contributed by atoms with Crippen molar-refractivity contribution < 1.29 is 21.6 Å². The van der Waals surface area contributed by atoms with Crippen molar-refractivity contribution in [3.63, 3.8) is 0 Å². The highest BCUT2D eigenvalue weighted by Gasteiger charge is 2.46. The van der Waals surface area contributed by atoms with E-state index in [1.165, 1.54) is 18.2 Å². The average molecular weight is 454 g/mol. The van der Waals surface area contributed by atoms with Crippen LogP contribution >= 0.6 is 23.2 Å². The number of hydrogen-bond donors (Lipinski definition) is 2. The number of hydrazone groups is 1. The summed E-state index contributed by atoms with van der Waals surface area (Å²) in [6.45, 7) is 3.45. The Labute approximate surface area is 170 Å². The lowest BCUT2D eigenvalue weighted by Crippen LogP contribution is -2.30. The smallest absolute Gasteiger partial charge is 0.277 e. The van der Waals surface area contributed by atoms with E-state index in [1.54, 1.807) is 36.8 Å². The van der Waals surface area contributed by atoms with Gasteiger partial charge in [0.05, 0.1) is 27.1 Å². The fourth-order valence-corrected chi connectivity index (χ4v) is 3.16. The zero-order valence-corrected chi connectivity index (χ0v) is 17.1. The minimum absolute atomic E-state index is 0.209. The number of rotatable bonds is 6. The Bertz CT molecular complexity index is 1010. The van der Waals surface area contributed by atoms with Crippen LogP contribution in [0.15, 0.2) is 41.5 Å². The number of benzene rings is 2. The highest BCUT2D eigenvalue weighted by atomic mass is 35.5. The number of alkyl halides is 3. The van der Waals surface area contributed by atoms with E-state index in [0.29, 0.717) is 28.4 Å². The first kappa shape index (κ1) is 22.3. The predicted octanol–water partition coefficient (Wildman–Crippen LogP) is 5.79. The van der Waals surface area contributed by atoms with Crippen LogP contribution in [0.3, 0.4) is 0 Å². The van der Waals surface area contributed by atoms with Gasteiger partial charge in [-0.25, -0.2) is 0 Å². The fourth-order valence-electron chi connectivity index (χ4n) is 2.24. The first-order valence-corrected chi connectivity index (χ1v) is 10.2. The molecule has 0 fully saturated rings. The van der Waals surface area contributed by atoms with Gasteiger partial charge in [-0.2, -0.15) is 26.7 Å². The normalized spacial score (nSPS) is 12.8. The molecule has 0 bridgehead atoms. The topological polar surface area (TPSA) is 70.6 Å². The van der Waals surface area contributed by atoms with Crippen LogP contribution in [0, 0.1) is 6.92 Å². The van der Waals surface area contributed by atoms with Crippen LogP contribution < -0.4 is 10.1 Å². The summed E-state index contributed by atoms with van der Waals surface area (Å²) in [5, 5.41) is 4.71. The van der Waals surface area contributed by atoms with Gasteiger partial charge < -0.3 is 0 Å².